The number of nitrogens with zero attached hydrogens (tertiary/aromatic N) is 1. The average molecular weight is 245 g/mol. The van der Waals surface area contributed by atoms with Crippen LogP contribution in [-0.2, 0) is 9.53 Å². The summed E-state index contributed by atoms with van der Waals surface area (Å²) in [6.45, 7) is 1.74. The van der Waals surface area contributed by atoms with Crippen molar-refractivity contribution in [3.63, 3.8) is 0 Å². The van der Waals surface area contributed by atoms with Crippen LogP contribution in [0, 0.1) is 0 Å². The van der Waals surface area contributed by atoms with Crippen molar-refractivity contribution in [1.82, 2.24) is 4.90 Å². The lowest BCUT2D eigenvalue weighted by Gasteiger charge is -2.36. The Kier molecular flexibility index (Phi) is 7.56. The van der Waals surface area contributed by atoms with E-state index < -0.39 is 5.60 Å². The van der Waals surface area contributed by atoms with Crippen LogP contribution in [0.25, 0.3) is 0 Å². The lowest BCUT2D eigenvalue weighted by Crippen LogP contribution is -2.52. The molecule has 1 amide bonds. The van der Waals surface area contributed by atoms with Crippen LogP contribution in [0.1, 0.15) is 12.8 Å². The van der Waals surface area contributed by atoms with Crippen molar-refractivity contribution >= 4 is 30.7 Å². The highest BCUT2D eigenvalue weighted by atomic mass is 35.5. The first kappa shape index (κ1) is 16.4. The first-order valence-corrected chi connectivity index (χ1v) is 4.14. The Morgan fingerprint density at radius 1 is 1.36 bits per heavy atom. The third-order valence-electron chi connectivity index (χ3n) is 2.63. The van der Waals surface area contributed by atoms with Crippen molar-refractivity contribution in [2.45, 2.75) is 18.4 Å². The van der Waals surface area contributed by atoms with E-state index in [9.17, 15) is 4.79 Å². The first-order valence-electron chi connectivity index (χ1n) is 4.14. The predicted molar refractivity (Wildman–Crippen MR) is 60.2 cm³/mol. The van der Waals surface area contributed by atoms with Gasteiger partial charge in [0.25, 0.3) is 0 Å². The van der Waals surface area contributed by atoms with Crippen LogP contribution in [0.2, 0.25) is 0 Å². The Bertz CT molecular complexity index is 182. The maximum Gasteiger partial charge on any atom is 0.249 e. The van der Waals surface area contributed by atoms with Gasteiger partial charge in [-0.25, -0.2) is 0 Å². The van der Waals surface area contributed by atoms with E-state index in [1.807, 2.05) is 7.05 Å². The lowest BCUT2D eigenvalue weighted by atomic mass is 9.91. The Hall–Kier alpha value is -0.0300. The van der Waals surface area contributed by atoms with E-state index >= 15 is 0 Å². The molecule has 1 aliphatic heterocycles. The number of carbonyl (C=O) groups excluding carboxylic acids is 1. The van der Waals surface area contributed by atoms with Crippen molar-refractivity contribution in [1.29, 1.82) is 0 Å². The van der Waals surface area contributed by atoms with Gasteiger partial charge in [-0.15, -0.1) is 24.8 Å². The Labute approximate surface area is 97.0 Å². The Morgan fingerprint density at radius 2 is 1.79 bits per heavy atom. The minimum Gasteiger partial charge on any atom is -0.368 e. The molecule has 0 unspecified atom stereocenters. The molecule has 4 nitrogen and oxygen atoms in total. The van der Waals surface area contributed by atoms with Crippen LogP contribution < -0.4 is 5.73 Å². The van der Waals surface area contributed by atoms with Crippen LogP contribution in [0.15, 0.2) is 0 Å². The highest BCUT2D eigenvalue weighted by Crippen LogP contribution is 2.24. The summed E-state index contributed by atoms with van der Waals surface area (Å²) in [6.07, 6.45) is 1.41. The molecule has 2 N–H and O–H groups in total. The van der Waals surface area contributed by atoms with Crippen LogP contribution in [0.3, 0.4) is 0 Å². The van der Waals surface area contributed by atoms with Gasteiger partial charge in [-0.1, -0.05) is 0 Å². The lowest BCUT2D eigenvalue weighted by molar-refractivity contribution is -0.145. The summed E-state index contributed by atoms with van der Waals surface area (Å²) >= 11 is 0. The topological polar surface area (TPSA) is 55.6 Å². The summed E-state index contributed by atoms with van der Waals surface area (Å²) in [5.41, 5.74) is 4.57. The van der Waals surface area contributed by atoms with Crippen LogP contribution >= 0.6 is 24.8 Å². The normalized spacial score (nSPS) is 20.4. The summed E-state index contributed by atoms with van der Waals surface area (Å²) in [6, 6.07) is 0. The standard InChI is InChI=1S/C8H16N2O2.2ClH/c1-10-5-3-8(12-2,4-6-10)7(9)11;;/h3-6H2,1-2H3,(H2,9,11);2*1H. The molecule has 86 valence electrons. The molecule has 0 aliphatic carbocycles. The second-order valence-corrected chi connectivity index (χ2v) is 3.37. The van der Waals surface area contributed by atoms with E-state index in [2.05, 4.69) is 4.90 Å². The van der Waals surface area contributed by atoms with Gasteiger partial charge in [0.15, 0.2) is 0 Å². The van der Waals surface area contributed by atoms with E-state index in [1.54, 1.807) is 7.11 Å². The van der Waals surface area contributed by atoms with E-state index in [-0.39, 0.29) is 30.7 Å². The molecule has 0 aromatic carbocycles. The van der Waals surface area contributed by atoms with E-state index in [1.165, 1.54) is 0 Å². The summed E-state index contributed by atoms with van der Waals surface area (Å²) in [4.78, 5) is 13.3. The van der Waals surface area contributed by atoms with Crippen LogP contribution in [0.4, 0.5) is 0 Å². The molecule has 1 fully saturated rings. The molecular formula is C8H18Cl2N2O2. The van der Waals surface area contributed by atoms with Crippen molar-refractivity contribution in [3.05, 3.63) is 0 Å². The van der Waals surface area contributed by atoms with Gasteiger partial charge < -0.3 is 15.4 Å². The molecule has 1 aliphatic rings. The number of hydrogen-bond acceptors (Lipinski definition) is 3. The smallest absolute Gasteiger partial charge is 0.249 e. The Morgan fingerprint density at radius 3 is 2.07 bits per heavy atom. The molecular weight excluding hydrogens is 227 g/mol. The first-order chi connectivity index (χ1) is 5.60. The monoisotopic (exact) mass is 244 g/mol. The number of methoxy groups -OCH3 is 1. The molecule has 0 saturated carbocycles. The minimum absolute atomic E-state index is 0. The molecule has 6 heteroatoms. The molecule has 0 aromatic heterocycles. The number of amides is 1. The molecule has 0 atom stereocenters. The van der Waals surface area contributed by atoms with Gasteiger partial charge >= 0.3 is 0 Å². The fourth-order valence-electron chi connectivity index (χ4n) is 1.53. The number of piperidine rings is 1. The maximum absolute atomic E-state index is 11.1. The molecule has 14 heavy (non-hydrogen) atoms. The SMILES string of the molecule is COC1(C(N)=O)CCN(C)CC1.Cl.Cl. The summed E-state index contributed by atoms with van der Waals surface area (Å²) < 4.78 is 5.19. The number of ether oxygens (including phenoxy) is 1. The fraction of sp³-hybridized carbons (Fsp3) is 0.875. The van der Waals surface area contributed by atoms with Crippen LogP contribution in [-0.4, -0.2) is 43.7 Å². The number of hydrogen-bond donors (Lipinski definition) is 1. The van der Waals surface area contributed by atoms with Gasteiger partial charge in [0.2, 0.25) is 5.91 Å². The second kappa shape index (κ2) is 6.45. The predicted octanol–water partition coefficient (Wildman–Crippen LogP) is 0.426. The molecule has 1 rings (SSSR count). The minimum atomic E-state index is -0.702. The number of carbonyl (C=O) groups is 1. The van der Waals surface area contributed by atoms with Gasteiger partial charge in [-0.05, 0) is 19.9 Å². The quantitative estimate of drug-likeness (QED) is 0.767. The Balaban J connectivity index is 0. The van der Waals surface area contributed by atoms with Gasteiger partial charge in [0, 0.05) is 20.2 Å². The largest absolute Gasteiger partial charge is 0.368 e. The van der Waals surface area contributed by atoms with Crippen molar-refractivity contribution in [3.8, 4) is 0 Å². The van der Waals surface area contributed by atoms with Crippen molar-refractivity contribution in [2.24, 2.45) is 5.73 Å². The molecule has 0 aromatic rings. The molecule has 1 heterocycles. The van der Waals surface area contributed by atoms with Crippen molar-refractivity contribution in [2.75, 3.05) is 27.2 Å². The number of primary amides is 1. The zero-order valence-electron chi connectivity index (χ0n) is 8.49. The zero-order valence-corrected chi connectivity index (χ0v) is 10.1. The van der Waals surface area contributed by atoms with E-state index in [0.29, 0.717) is 12.8 Å². The molecule has 0 bridgehead atoms. The van der Waals surface area contributed by atoms with Gasteiger partial charge in [-0.3, -0.25) is 4.79 Å². The second-order valence-electron chi connectivity index (χ2n) is 3.37. The number of rotatable bonds is 2. The fourth-order valence-corrected chi connectivity index (χ4v) is 1.53. The van der Waals surface area contributed by atoms with Crippen molar-refractivity contribution < 1.29 is 9.53 Å². The number of likely N-dealkylation sites (tertiary alicyclic amines) is 1. The molecule has 0 radical (unpaired) electrons. The van der Waals surface area contributed by atoms with Crippen LogP contribution in [0.5, 0.6) is 0 Å². The third kappa shape index (κ3) is 3.28. The summed E-state index contributed by atoms with van der Waals surface area (Å²) in [7, 11) is 3.58. The summed E-state index contributed by atoms with van der Waals surface area (Å²) in [5, 5.41) is 0. The maximum atomic E-state index is 11.1. The van der Waals surface area contributed by atoms with Gasteiger partial charge in [-0.2, -0.15) is 0 Å². The third-order valence-corrected chi connectivity index (χ3v) is 2.63. The van der Waals surface area contributed by atoms with Gasteiger partial charge in [0.1, 0.15) is 5.60 Å². The highest BCUT2D eigenvalue weighted by molar-refractivity contribution is 5.85. The zero-order chi connectivity index (χ0) is 9.19. The highest BCUT2D eigenvalue weighted by Gasteiger charge is 2.39. The molecule has 1 saturated heterocycles. The molecule has 0 spiro atoms. The number of halogens is 2. The van der Waals surface area contributed by atoms with E-state index in [4.69, 9.17) is 10.5 Å². The summed E-state index contributed by atoms with van der Waals surface area (Å²) in [5.74, 6) is -0.335. The van der Waals surface area contributed by atoms with Gasteiger partial charge in [0.05, 0.1) is 0 Å². The number of nitrogens with two attached hydrogens (primary N) is 1. The van der Waals surface area contributed by atoms with E-state index in [0.717, 1.165) is 13.1 Å². The average Bonchev–Trinajstić information content (AvgIpc) is 2.06.